The molecule has 0 aromatic heterocycles. The smallest absolute Gasteiger partial charge is 0.404 e. The Morgan fingerprint density at radius 2 is 2.25 bits per heavy atom. The third-order valence-electron chi connectivity index (χ3n) is 2.92. The van der Waals surface area contributed by atoms with Crippen molar-refractivity contribution in [3.63, 3.8) is 0 Å². The van der Waals surface area contributed by atoms with E-state index in [1.165, 1.54) is 0 Å². The summed E-state index contributed by atoms with van der Waals surface area (Å²) < 4.78 is 0. The van der Waals surface area contributed by atoms with Gasteiger partial charge in [-0.3, -0.25) is 4.79 Å². The van der Waals surface area contributed by atoms with Gasteiger partial charge < -0.3 is 10.4 Å². The van der Waals surface area contributed by atoms with Crippen LogP contribution in [0.25, 0.3) is 0 Å². The summed E-state index contributed by atoms with van der Waals surface area (Å²) in [5.41, 5.74) is 2.98. The molecule has 2 N–H and O–H groups in total. The van der Waals surface area contributed by atoms with Crippen molar-refractivity contribution in [2.45, 2.75) is 25.3 Å². The van der Waals surface area contributed by atoms with Gasteiger partial charge in [-0.2, -0.15) is 0 Å². The lowest BCUT2D eigenvalue weighted by Crippen LogP contribution is -2.37. The summed E-state index contributed by atoms with van der Waals surface area (Å²) in [6.07, 6.45) is 2.18. The average molecular weight is 219 g/mol. The summed E-state index contributed by atoms with van der Waals surface area (Å²) in [7, 11) is 0. The maximum Gasteiger partial charge on any atom is 0.404 e. The topological polar surface area (TPSA) is 66.4 Å². The predicted octanol–water partition coefficient (Wildman–Crippen LogP) is 1.62. The molecule has 0 radical (unpaired) electrons. The van der Waals surface area contributed by atoms with Gasteiger partial charge >= 0.3 is 6.09 Å². The first kappa shape index (κ1) is 10.7. The van der Waals surface area contributed by atoms with Crippen LogP contribution in [0.4, 0.5) is 4.79 Å². The quantitative estimate of drug-likeness (QED) is 0.743. The lowest BCUT2D eigenvalue weighted by Gasteiger charge is -2.24. The summed E-state index contributed by atoms with van der Waals surface area (Å²) in [6.45, 7) is 0. The Bertz CT molecular complexity index is 428. The molecule has 2 rings (SSSR count). The van der Waals surface area contributed by atoms with E-state index < -0.39 is 6.09 Å². The fraction of sp³-hybridized carbons (Fsp3) is 0.333. The van der Waals surface area contributed by atoms with Crippen LogP contribution in [0.5, 0.6) is 0 Å². The molecule has 0 fully saturated rings. The zero-order valence-corrected chi connectivity index (χ0v) is 8.77. The first-order valence-electron chi connectivity index (χ1n) is 5.25. The van der Waals surface area contributed by atoms with E-state index in [-0.39, 0.29) is 6.04 Å². The molecular weight excluding hydrogens is 206 g/mol. The fourth-order valence-corrected chi connectivity index (χ4v) is 2.15. The molecule has 0 heterocycles. The molecule has 84 valence electrons. The highest BCUT2D eigenvalue weighted by Crippen LogP contribution is 2.22. The van der Waals surface area contributed by atoms with Crippen LogP contribution in [-0.2, 0) is 12.8 Å². The summed E-state index contributed by atoms with van der Waals surface area (Å²) in [4.78, 5) is 21.1. The standard InChI is InChI=1S/C12H13NO3/c14-7-8-1-2-10-6-11(13-12(15)16)4-3-9(10)5-8/h1-2,5,7,11,13H,3-4,6H2,(H,15,16). The van der Waals surface area contributed by atoms with E-state index >= 15 is 0 Å². The van der Waals surface area contributed by atoms with Crippen molar-refractivity contribution in [2.24, 2.45) is 0 Å². The van der Waals surface area contributed by atoms with E-state index in [0.29, 0.717) is 12.0 Å². The number of rotatable bonds is 2. The van der Waals surface area contributed by atoms with Gasteiger partial charge in [-0.25, -0.2) is 4.79 Å². The molecule has 1 aromatic carbocycles. The van der Waals surface area contributed by atoms with Gasteiger partial charge in [0.25, 0.3) is 0 Å². The van der Waals surface area contributed by atoms with Crippen molar-refractivity contribution in [3.05, 3.63) is 34.9 Å². The van der Waals surface area contributed by atoms with Gasteiger partial charge in [0.05, 0.1) is 0 Å². The number of carboxylic acid groups (broad SMARTS) is 1. The van der Waals surface area contributed by atoms with Gasteiger partial charge in [0.15, 0.2) is 0 Å². The Labute approximate surface area is 93.3 Å². The van der Waals surface area contributed by atoms with Gasteiger partial charge in [0.1, 0.15) is 6.29 Å². The third-order valence-corrected chi connectivity index (χ3v) is 2.92. The highest BCUT2D eigenvalue weighted by Gasteiger charge is 2.19. The molecule has 1 amide bonds. The monoisotopic (exact) mass is 219 g/mol. The van der Waals surface area contributed by atoms with Crippen molar-refractivity contribution in [1.82, 2.24) is 5.32 Å². The van der Waals surface area contributed by atoms with Gasteiger partial charge in [0, 0.05) is 11.6 Å². The largest absolute Gasteiger partial charge is 0.465 e. The van der Waals surface area contributed by atoms with Crippen molar-refractivity contribution in [2.75, 3.05) is 0 Å². The number of aldehydes is 1. The molecule has 0 aliphatic heterocycles. The number of hydrogen-bond donors (Lipinski definition) is 2. The molecular formula is C12H13NO3. The molecule has 0 bridgehead atoms. The number of hydrogen-bond acceptors (Lipinski definition) is 2. The van der Waals surface area contributed by atoms with Crippen molar-refractivity contribution in [1.29, 1.82) is 0 Å². The van der Waals surface area contributed by atoms with Crippen LogP contribution in [0.1, 0.15) is 27.9 Å². The van der Waals surface area contributed by atoms with Crippen LogP contribution in [0.3, 0.4) is 0 Å². The van der Waals surface area contributed by atoms with Gasteiger partial charge in [-0.15, -0.1) is 0 Å². The van der Waals surface area contributed by atoms with E-state index in [0.717, 1.165) is 30.3 Å². The Hall–Kier alpha value is -1.84. The number of fused-ring (bicyclic) bond motifs is 1. The molecule has 16 heavy (non-hydrogen) atoms. The van der Waals surface area contributed by atoms with Crippen LogP contribution < -0.4 is 5.32 Å². The lowest BCUT2D eigenvalue weighted by atomic mass is 9.87. The number of amides is 1. The Morgan fingerprint density at radius 1 is 1.44 bits per heavy atom. The first-order chi connectivity index (χ1) is 7.69. The Morgan fingerprint density at radius 3 is 2.94 bits per heavy atom. The highest BCUT2D eigenvalue weighted by atomic mass is 16.4. The van der Waals surface area contributed by atoms with E-state index in [9.17, 15) is 9.59 Å². The van der Waals surface area contributed by atoms with Crippen LogP contribution in [0.15, 0.2) is 18.2 Å². The third kappa shape index (κ3) is 2.21. The summed E-state index contributed by atoms with van der Waals surface area (Å²) in [5, 5.41) is 11.1. The Kier molecular flexibility index (Phi) is 2.90. The zero-order chi connectivity index (χ0) is 11.5. The van der Waals surface area contributed by atoms with Crippen molar-refractivity contribution in [3.8, 4) is 0 Å². The minimum absolute atomic E-state index is 0.00733. The first-order valence-corrected chi connectivity index (χ1v) is 5.25. The number of aryl methyl sites for hydroxylation is 1. The minimum Gasteiger partial charge on any atom is -0.465 e. The fourth-order valence-electron chi connectivity index (χ4n) is 2.15. The number of benzene rings is 1. The van der Waals surface area contributed by atoms with Gasteiger partial charge in [-0.1, -0.05) is 12.1 Å². The number of carbonyl (C=O) groups is 2. The summed E-state index contributed by atoms with van der Waals surface area (Å²) in [5.74, 6) is 0. The van der Waals surface area contributed by atoms with E-state index in [4.69, 9.17) is 5.11 Å². The Balaban J connectivity index is 2.15. The van der Waals surface area contributed by atoms with Crippen LogP contribution in [0, 0.1) is 0 Å². The molecule has 1 unspecified atom stereocenters. The van der Waals surface area contributed by atoms with Crippen LogP contribution >= 0.6 is 0 Å². The molecule has 0 spiro atoms. The second kappa shape index (κ2) is 4.35. The van der Waals surface area contributed by atoms with E-state index in [2.05, 4.69) is 5.32 Å². The molecule has 0 saturated carbocycles. The SMILES string of the molecule is O=Cc1ccc2c(c1)CCC(NC(=O)O)C2. The molecule has 4 heteroatoms. The van der Waals surface area contributed by atoms with E-state index in [1.54, 1.807) is 6.07 Å². The summed E-state index contributed by atoms with van der Waals surface area (Å²) >= 11 is 0. The average Bonchev–Trinajstić information content (AvgIpc) is 2.27. The molecule has 1 aliphatic carbocycles. The molecule has 0 saturated heterocycles. The molecule has 1 atom stereocenters. The maximum absolute atomic E-state index is 10.6. The molecule has 1 aliphatic rings. The maximum atomic E-state index is 10.6. The van der Waals surface area contributed by atoms with Crippen LogP contribution in [-0.4, -0.2) is 23.5 Å². The van der Waals surface area contributed by atoms with E-state index in [1.807, 2.05) is 12.1 Å². The van der Waals surface area contributed by atoms with Crippen molar-refractivity contribution >= 4 is 12.4 Å². The lowest BCUT2D eigenvalue weighted by molar-refractivity contribution is 0.112. The highest BCUT2D eigenvalue weighted by molar-refractivity contribution is 5.75. The second-order valence-electron chi connectivity index (χ2n) is 4.04. The molecule has 4 nitrogen and oxygen atoms in total. The van der Waals surface area contributed by atoms with Crippen molar-refractivity contribution < 1.29 is 14.7 Å². The molecule has 1 aromatic rings. The number of nitrogens with one attached hydrogen (secondary N) is 1. The zero-order valence-electron chi connectivity index (χ0n) is 8.77. The number of carbonyl (C=O) groups excluding carboxylic acids is 1. The minimum atomic E-state index is -0.974. The second-order valence-corrected chi connectivity index (χ2v) is 4.04. The van der Waals surface area contributed by atoms with Crippen LogP contribution in [0.2, 0.25) is 0 Å². The summed E-state index contributed by atoms with van der Waals surface area (Å²) in [6, 6.07) is 5.57. The normalized spacial score (nSPS) is 18.6. The van der Waals surface area contributed by atoms with Gasteiger partial charge in [-0.05, 0) is 36.5 Å². The van der Waals surface area contributed by atoms with Gasteiger partial charge in [0.2, 0.25) is 0 Å². The predicted molar refractivity (Wildman–Crippen MR) is 58.8 cm³/mol.